The Balaban J connectivity index is 0.00000144. The lowest BCUT2D eigenvalue weighted by atomic mass is 10.1. The summed E-state index contributed by atoms with van der Waals surface area (Å²) in [6.45, 7) is 0. The summed E-state index contributed by atoms with van der Waals surface area (Å²) in [6, 6.07) is 5.01. The molecule has 1 N–H and O–H groups in total. The van der Waals surface area contributed by atoms with Gasteiger partial charge in [0.1, 0.15) is 12.1 Å². The molecule has 90 valence electrons. The van der Waals surface area contributed by atoms with E-state index in [-0.39, 0.29) is 18.0 Å². The van der Waals surface area contributed by atoms with Crippen LogP contribution in [-0.2, 0) is 0 Å². The molecule has 0 aliphatic rings. The number of hydrogen-bond acceptors (Lipinski definition) is 4. The highest BCUT2D eigenvalue weighted by molar-refractivity contribution is 6.07. The van der Waals surface area contributed by atoms with Gasteiger partial charge in [-0.2, -0.15) is 0 Å². The molecule has 0 amide bonds. The number of carboxylic acids is 1. The molecule has 1 aromatic carbocycles. The summed E-state index contributed by atoms with van der Waals surface area (Å²) in [5.41, 5.74) is 0.861. The van der Waals surface area contributed by atoms with Gasteiger partial charge in [0.05, 0.1) is 16.5 Å². The van der Waals surface area contributed by atoms with Crippen LogP contribution in [0.2, 0.25) is 0 Å². The SMILES string of the molecule is CN(C)c1ncnc2cccc(C(=O)O)c12.Cl. The van der Waals surface area contributed by atoms with Gasteiger partial charge in [0.2, 0.25) is 0 Å². The smallest absolute Gasteiger partial charge is 0.336 e. The first-order valence-electron chi connectivity index (χ1n) is 4.75. The Hall–Kier alpha value is -1.88. The number of carboxylic acid groups (broad SMARTS) is 1. The molecule has 0 bridgehead atoms. The second-order valence-corrected chi connectivity index (χ2v) is 3.60. The number of halogens is 1. The Bertz CT molecular complexity index is 552. The second-order valence-electron chi connectivity index (χ2n) is 3.60. The number of anilines is 1. The van der Waals surface area contributed by atoms with Gasteiger partial charge < -0.3 is 10.0 Å². The molecule has 1 heterocycles. The fourth-order valence-electron chi connectivity index (χ4n) is 1.61. The van der Waals surface area contributed by atoms with Crippen molar-refractivity contribution >= 4 is 35.1 Å². The summed E-state index contributed by atoms with van der Waals surface area (Å²) >= 11 is 0. The van der Waals surface area contributed by atoms with E-state index in [9.17, 15) is 4.79 Å². The van der Waals surface area contributed by atoms with Gasteiger partial charge in [0, 0.05) is 14.1 Å². The van der Waals surface area contributed by atoms with Gasteiger partial charge in [-0.15, -0.1) is 12.4 Å². The molecule has 17 heavy (non-hydrogen) atoms. The predicted octanol–water partition coefficient (Wildman–Crippen LogP) is 1.82. The molecule has 0 spiro atoms. The average molecular weight is 254 g/mol. The zero-order chi connectivity index (χ0) is 11.7. The molecule has 2 rings (SSSR count). The van der Waals surface area contributed by atoms with Crippen LogP contribution >= 0.6 is 12.4 Å². The summed E-state index contributed by atoms with van der Waals surface area (Å²) in [5.74, 6) is -0.355. The summed E-state index contributed by atoms with van der Waals surface area (Å²) in [7, 11) is 3.64. The number of fused-ring (bicyclic) bond motifs is 1. The van der Waals surface area contributed by atoms with Crippen molar-refractivity contribution < 1.29 is 9.90 Å². The molecule has 1 aromatic heterocycles. The van der Waals surface area contributed by atoms with Gasteiger partial charge in [-0.25, -0.2) is 14.8 Å². The Morgan fingerprint density at radius 2 is 2.00 bits per heavy atom. The normalized spacial score (nSPS) is 9.76. The Kier molecular flexibility index (Phi) is 3.85. The fraction of sp³-hybridized carbons (Fsp3) is 0.182. The highest BCUT2D eigenvalue weighted by Gasteiger charge is 2.14. The van der Waals surface area contributed by atoms with Gasteiger partial charge in [0.25, 0.3) is 0 Å². The van der Waals surface area contributed by atoms with E-state index >= 15 is 0 Å². The molecule has 0 radical (unpaired) electrons. The van der Waals surface area contributed by atoms with E-state index in [1.165, 1.54) is 6.33 Å². The van der Waals surface area contributed by atoms with Crippen molar-refractivity contribution in [2.24, 2.45) is 0 Å². The minimum Gasteiger partial charge on any atom is -0.478 e. The van der Waals surface area contributed by atoms with Gasteiger partial charge in [-0.05, 0) is 12.1 Å². The van der Waals surface area contributed by atoms with Gasteiger partial charge in [-0.1, -0.05) is 6.07 Å². The second kappa shape index (κ2) is 4.97. The molecule has 0 atom stereocenters. The van der Waals surface area contributed by atoms with Crippen molar-refractivity contribution in [3.8, 4) is 0 Å². The third-order valence-corrected chi connectivity index (χ3v) is 2.30. The van der Waals surface area contributed by atoms with Crippen LogP contribution in [-0.4, -0.2) is 35.1 Å². The first kappa shape index (κ1) is 13.2. The van der Waals surface area contributed by atoms with Crippen molar-refractivity contribution in [2.45, 2.75) is 0 Å². The molecule has 0 aliphatic carbocycles. The third-order valence-electron chi connectivity index (χ3n) is 2.30. The van der Waals surface area contributed by atoms with Crippen LogP contribution in [0.3, 0.4) is 0 Å². The van der Waals surface area contributed by atoms with Crippen molar-refractivity contribution in [3.63, 3.8) is 0 Å². The molecule has 0 fully saturated rings. The number of carbonyl (C=O) groups is 1. The molecule has 6 heteroatoms. The van der Waals surface area contributed by atoms with Crippen LogP contribution in [0.1, 0.15) is 10.4 Å². The summed E-state index contributed by atoms with van der Waals surface area (Å²) in [4.78, 5) is 21.1. The summed E-state index contributed by atoms with van der Waals surface area (Å²) in [5, 5.41) is 9.69. The van der Waals surface area contributed by atoms with E-state index in [1.807, 2.05) is 14.1 Å². The zero-order valence-electron chi connectivity index (χ0n) is 9.41. The van der Waals surface area contributed by atoms with Crippen LogP contribution in [0.25, 0.3) is 10.9 Å². The maximum atomic E-state index is 11.1. The monoisotopic (exact) mass is 253 g/mol. The maximum Gasteiger partial charge on any atom is 0.336 e. The molecular formula is C11H12ClN3O2. The lowest BCUT2D eigenvalue weighted by Gasteiger charge is -2.14. The molecule has 0 aliphatic heterocycles. The minimum atomic E-state index is -0.969. The largest absolute Gasteiger partial charge is 0.478 e. The Morgan fingerprint density at radius 3 is 2.59 bits per heavy atom. The highest BCUT2D eigenvalue weighted by Crippen LogP contribution is 2.24. The zero-order valence-corrected chi connectivity index (χ0v) is 10.2. The first-order chi connectivity index (χ1) is 7.61. The molecular weight excluding hydrogens is 242 g/mol. The van der Waals surface area contributed by atoms with Crippen LogP contribution in [0.5, 0.6) is 0 Å². The lowest BCUT2D eigenvalue weighted by Crippen LogP contribution is -2.13. The van der Waals surface area contributed by atoms with Crippen molar-refractivity contribution in [2.75, 3.05) is 19.0 Å². The van der Waals surface area contributed by atoms with E-state index in [0.717, 1.165) is 0 Å². The number of rotatable bonds is 2. The summed E-state index contributed by atoms with van der Waals surface area (Å²) < 4.78 is 0. The molecule has 5 nitrogen and oxygen atoms in total. The Morgan fingerprint density at radius 1 is 1.29 bits per heavy atom. The van der Waals surface area contributed by atoms with Crippen molar-refractivity contribution in [1.82, 2.24) is 9.97 Å². The molecule has 2 aromatic rings. The van der Waals surface area contributed by atoms with Crippen molar-refractivity contribution in [3.05, 3.63) is 30.1 Å². The predicted molar refractivity (Wildman–Crippen MR) is 68.1 cm³/mol. The van der Waals surface area contributed by atoms with Crippen LogP contribution in [0, 0.1) is 0 Å². The van der Waals surface area contributed by atoms with Gasteiger partial charge in [0.15, 0.2) is 0 Å². The molecule has 0 saturated heterocycles. The first-order valence-corrected chi connectivity index (χ1v) is 4.75. The summed E-state index contributed by atoms with van der Waals surface area (Å²) in [6.07, 6.45) is 1.43. The molecule has 0 unspecified atom stereocenters. The molecule has 0 saturated carbocycles. The number of aromatic nitrogens is 2. The highest BCUT2D eigenvalue weighted by atomic mass is 35.5. The van der Waals surface area contributed by atoms with E-state index in [0.29, 0.717) is 16.7 Å². The minimum absolute atomic E-state index is 0. The van der Waals surface area contributed by atoms with E-state index < -0.39 is 5.97 Å². The topological polar surface area (TPSA) is 66.3 Å². The fourth-order valence-corrected chi connectivity index (χ4v) is 1.61. The van der Waals surface area contributed by atoms with Crippen molar-refractivity contribution in [1.29, 1.82) is 0 Å². The quantitative estimate of drug-likeness (QED) is 0.884. The number of nitrogens with zero attached hydrogens (tertiary/aromatic N) is 3. The van der Waals surface area contributed by atoms with E-state index in [4.69, 9.17) is 5.11 Å². The number of hydrogen-bond donors (Lipinski definition) is 1. The van der Waals surface area contributed by atoms with Crippen LogP contribution < -0.4 is 4.90 Å². The van der Waals surface area contributed by atoms with Crippen LogP contribution in [0.4, 0.5) is 5.82 Å². The number of benzene rings is 1. The van der Waals surface area contributed by atoms with E-state index in [1.54, 1.807) is 23.1 Å². The standard InChI is InChI=1S/C11H11N3O2.ClH/c1-14(2)10-9-7(11(15)16)4-3-5-8(9)12-6-13-10;/h3-6H,1-2H3,(H,15,16);1H. The third kappa shape index (κ3) is 2.29. The van der Waals surface area contributed by atoms with Gasteiger partial charge >= 0.3 is 5.97 Å². The Labute approximate surface area is 105 Å². The lowest BCUT2D eigenvalue weighted by molar-refractivity contribution is 0.0699. The van der Waals surface area contributed by atoms with Crippen LogP contribution in [0.15, 0.2) is 24.5 Å². The van der Waals surface area contributed by atoms with E-state index in [2.05, 4.69) is 9.97 Å². The average Bonchev–Trinajstić information content (AvgIpc) is 2.27. The maximum absolute atomic E-state index is 11.1. The van der Waals surface area contributed by atoms with Gasteiger partial charge in [-0.3, -0.25) is 0 Å². The number of aromatic carboxylic acids is 1.